The molecular weight excluding hydrogens is 352 g/mol. The zero-order chi connectivity index (χ0) is 19.4. The van der Waals surface area contributed by atoms with Crippen molar-refractivity contribution < 1.29 is 19.0 Å². The van der Waals surface area contributed by atoms with E-state index in [1.54, 1.807) is 14.2 Å². The molecule has 0 atom stereocenters. The molecule has 1 fully saturated rings. The number of fused-ring (bicyclic) bond motifs is 1. The highest BCUT2D eigenvalue weighted by Gasteiger charge is 2.70. The van der Waals surface area contributed by atoms with E-state index in [1.165, 1.54) is 0 Å². The summed E-state index contributed by atoms with van der Waals surface area (Å²) in [6.07, 6.45) is 4.28. The Morgan fingerprint density at radius 1 is 0.821 bits per heavy atom. The van der Waals surface area contributed by atoms with E-state index in [2.05, 4.69) is 24.3 Å². The molecule has 0 aromatic heterocycles. The summed E-state index contributed by atoms with van der Waals surface area (Å²) in [5.74, 6) is 2.79. The van der Waals surface area contributed by atoms with Gasteiger partial charge in [-0.1, -0.05) is 24.3 Å². The first-order valence-corrected chi connectivity index (χ1v) is 9.89. The third kappa shape index (κ3) is 2.20. The van der Waals surface area contributed by atoms with Crippen molar-refractivity contribution in [2.75, 3.05) is 14.2 Å². The monoisotopic (exact) mass is 376 g/mol. The number of benzene rings is 2. The lowest BCUT2D eigenvalue weighted by Crippen LogP contribution is -2.38. The van der Waals surface area contributed by atoms with E-state index in [1.807, 2.05) is 24.3 Å². The van der Waals surface area contributed by atoms with Crippen molar-refractivity contribution in [1.29, 1.82) is 0 Å². The van der Waals surface area contributed by atoms with Crippen LogP contribution in [0.25, 0.3) is 0 Å². The Balaban J connectivity index is 1.71. The van der Waals surface area contributed by atoms with E-state index in [-0.39, 0.29) is 11.2 Å². The van der Waals surface area contributed by atoms with Gasteiger partial charge in [0.15, 0.2) is 11.4 Å². The molecular formula is C24H24O4. The number of carbonyl (C=O) groups excluding carboxylic acids is 1. The predicted molar refractivity (Wildman–Crippen MR) is 105 cm³/mol. The van der Waals surface area contributed by atoms with Crippen molar-refractivity contribution in [3.63, 3.8) is 0 Å². The van der Waals surface area contributed by atoms with E-state index >= 15 is 0 Å². The molecule has 0 radical (unpaired) electrons. The predicted octanol–water partition coefficient (Wildman–Crippen LogP) is 4.76. The van der Waals surface area contributed by atoms with Gasteiger partial charge in [-0.15, -0.1) is 0 Å². The maximum Gasteiger partial charge on any atom is 0.168 e. The third-order valence-corrected chi connectivity index (χ3v) is 6.54. The number of Topliss-reactive ketones (excluding diaryl/α,β-unsaturated/α-hetero) is 1. The second-order valence-corrected chi connectivity index (χ2v) is 7.90. The number of carbonyl (C=O) groups is 1. The summed E-state index contributed by atoms with van der Waals surface area (Å²) in [5, 5.41) is 0. The topological polar surface area (TPSA) is 44.8 Å². The second-order valence-electron chi connectivity index (χ2n) is 7.90. The van der Waals surface area contributed by atoms with Crippen LogP contribution in [0.15, 0.2) is 59.9 Å². The fraction of sp³-hybridized carbons (Fsp3) is 0.375. The van der Waals surface area contributed by atoms with Crippen LogP contribution in [0.1, 0.15) is 43.2 Å². The molecule has 0 amide bonds. The van der Waals surface area contributed by atoms with Gasteiger partial charge in [0, 0.05) is 29.5 Å². The Hall–Kier alpha value is -2.75. The van der Waals surface area contributed by atoms with Crippen LogP contribution in [0.4, 0.5) is 0 Å². The van der Waals surface area contributed by atoms with Gasteiger partial charge in [0.1, 0.15) is 17.3 Å². The first kappa shape index (κ1) is 17.4. The lowest BCUT2D eigenvalue weighted by Gasteiger charge is -2.37. The highest BCUT2D eigenvalue weighted by molar-refractivity contribution is 5.99. The number of hydrogen-bond donors (Lipinski definition) is 0. The molecule has 28 heavy (non-hydrogen) atoms. The van der Waals surface area contributed by atoms with Crippen LogP contribution in [-0.4, -0.2) is 20.0 Å². The van der Waals surface area contributed by atoms with Gasteiger partial charge in [0.25, 0.3) is 0 Å². The van der Waals surface area contributed by atoms with Crippen molar-refractivity contribution in [2.45, 2.75) is 37.7 Å². The lowest BCUT2D eigenvalue weighted by molar-refractivity contribution is -0.116. The number of methoxy groups -OCH3 is 2. The van der Waals surface area contributed by atoms with E-state index in [9.17, 15) is 4.79 Å². The molecule has 1 aliphatic heterocycles. The van der Waals surface area contributed by atoms with E-state index < -0.39 is 5.60 Å². The summed E-state index contributed by atoms with van der Waals surface area (Å²) in [5.41, 5.74) is 2.15. The van der Waals surface area contributed by atoms with Crippen LogP contribution in [0.2, 0.25) is 0 Å². The number of rotatable bonds is 4. The van der Waals surface area contributed by atoms with Crippen molar-refractivity contribution in [3.8, 4) is 11.5 Å². The van der Waals surface area contributed by atoms with Gasteiger partial charge in [-0.05, 0) is 43.5 Å². The minimum absolute atomic E-state index is 0.261. The van der Waals surface area contributed by atoms with Crippen LogP contribution >= 0.6 is 0 Å². The highest BCUT2D eigenvalue weighted by atomic mass is 16.5. The fourth-order valence-electron chi connectivity index (χ4n) is 5.12. The van der Waals surface area contributed by atoms with Crippen LogP contribution < -0.4 is 9.47 Å². The molecule has 2 aliphatic carbocycles. The van der Waals surface area contributed by atoms with Crippen LogP contribution in [0.3, 0.4) is 0 Å². The van der Waals surface area contributed by atoms with Crippen LogP contribution in [0, 0.1) is 5.41 Å². The number of ether oxygens (including phenoxy) is 3. The van der Waals surface area contributed by atoms with E-state index in [0.29, 0.717) is 6.42 Å². The molecule has 5 rings (SSSR count). The maximum absolute atomic E-state index is 12.9. The Labute approximate surface area is 165 Å². The largest absolute Gasteiger partial charge is 0.497 e. The van der Waals surface area contributed by atoms with E-state index in [0.717, 1.165) is 59.6 Å². The summed E-state index contributed by atoms with van der Waals surface area (Å²) in [6.45, 7) is 0. The van der Waals surface area contributed by atoms with Gasteiger partial charge in [-0.3, -0.25) is 4.79 Å². The van der Waals surface area contributed by atoms with Crippen molar-refractivity contribution in [2.24, 2.45) is 5.41 Å². The summed E-state index contributed by atoms with van der Waals surface area (Å²) in [4.78, 5) is 12.9. The Morgan fingerprint density at radius 2 is 1.36 bits per heavy atom. The average Bonchev–Trinajstić information content (AvgIpc) is 3.47. The summed E-state index contributed by atoms with van der Waals surface area (Å²) >= 11 is 0. The van der Waals surface area contributed by atoms with Gasteiger partial charge >= 0.3 is 0 Å². The molecule has 0 unspecified atom stereocenters. The Bertz CT molecular complexity index is 902. The molecule has 1 spiro atoms. The van der Waals surface area contributed by atoms with Gasteiger partial charge in [0.2, 0.25) is 0 Å². The maximum atomic E-state index is 12.9. The molecule has 3 aliphatic rings. The summed E-state index contributed by atoms with van der Waals surface area (Å²) in [6, 6.07) is 16.2. The highest BCUT2D eigenvalue weighted by Crippen LogP contribution is 2.72. The van der Waals surface area contributed by atoms with Crippen LogP contribution in [-0.2, 0) is 15.1 Å². The second kappa shape index (κ2) is 6.13. The minimum atomic E-state index is -0.670. The fourth-order valence-corrected chi connectivity index (χ4v) is 5.12. The number of allylic oxidation sites excluding steroid dienone is 1. The van der Waals surface area contributed by atoms with Crippen molar-refractivity contribution in [3.05, 3.63) is 71.0 Å². The lowest BCUT2D eigenvalue weighted by atomic mass is 9.69. The first-order chi connectivity index (χ1) is 13.6. The molecule has 4 nitrogen and oxygen atoms in total. The molecule has 1 saturated carbocycles. The summed E-state index contributed by atoms with van der Waals surface area (Å²) < 4.78 is 17.5. The molecule has 2 aromatic rings. The zero-order valence-corrected chi connectivity index (χ0v) is 16.3. The standard InChI is InChI=1S/C24H24O4/c1-26-18-10-6-16(7-11-18)24(17-8-12-19(27-2)13-9-17)23(14-15-23)22-20(25)4-3-5-21(22)28-24/h6-13H,3-5,14-15H2,1-2H3. The quantitative estimate of drug-likeness (QED) is 0.771. The number of hydrogen-bond acceptors (Lipinski definition) is 4. The summed E-state index contributed by atoms with van der Waals surface area (Å²) in [7, 11) is 3.34. The van der Waals surface area contributed by atoms with Gasteiger partial charge in [-0.2, -0.15) is 0 Å². The Morgan fingerprint density at radius 3 is 1.82 bits per heavy atom. The van der Waals surface area contributed by atoms with Crippen LogP contribution in [0.5, 0.6) is 11.5 Å². The molecule has 144 valence electrons. The van der Waals surface area contributed by atoms with Gasteiger partial charge < -0.3 is 14.2 Å². The van der Waals surface area contributed by atoms with Crippen molar-refractivity contribution in [1.82, 2.24) is 0 Å². The molecule has 0 bridgehead atoms. The Kier molecular flexibility index (Phi) is 3.80. The molecule has 0 saturated heterocycles. The first-order valence-electron chi connectivity index (χ1n) is 9.89. The molecule has 1 heterocycles. The zero-order valence-electron chi connectivity index (χ0n) is 16.3. The average molecular weight is 376 g/mol. The van der Waals surface area contributed by atoms with Gasteiger partial charge in [-0.25, -0.2) is 0 Å². The normalized spacial score (nSPS) is 21.3. The number of ketones is 1. The SMILES string of the molecule is COc1ccc(C2(c3ccc(OC)cc3)OC3=C(C(=O)CCC3)C23CC3)cc1. The molecule has 4 heteroatoms. The molecule has 0 N–H and O–H groups in total. The van der Waals surface area contributed by atoms with Crippen molar-refractivity contribution >= 4 is 5.78 Å². The minimum Gasteiger partial charge on any atom is -0.497 e. The third-order valence-electron chi connectivity index (χ3n) is 6.54. The van der Waals surface area contributed by atoms with Gasteiger partial charge in [0.05, 0.1) is 19.6 Å². The molecule has 2 aromatic carbocycles. The smallest absolute Gasteiger partial charge is 0.168 e. The van der Waals surface area contributed by atoms with E-state index in [4.69, 9.17) is 14.2 Å².